The number of nitrogens with zero attached hydrogens (tertiary/aromatic N) is 3. The van der Waals surface area contributed by atoms with E-state index in [1.807, 2.05) is 13.8 Å². The summed E-state index contributed by atoms with van der Waals surface area (Å²) in [5.41, 5.74) is 1.47. The second kappa shape index (κ2) is 4.89. The summed E-state index contributed by atoms with van der Waals surface area (Å²) in [5, 5.41) is 10.9. The molecule has 2 heterocycles. The molecule has 0 unspecified atom stereocenters. The van der Waals surface area contributed by atoms with Gasteiger partial charge in [-0.15, -0.1) is 10.2 Å². The molecule has 2 rings (SSSR count). The molecule has 0 aliphatic carbocycles. The van der Waals surface area contributed by atoms with Gasteiger partial charge in [-0.2, -0.15) is 0 Å². The lowest BCUT2D eigenvalue weighted by atomic mass is 10.4. The van der Waals surface area contributed by atoms with Crippen LogP contribution in [0.4, 0.5) is 5.69 Å². The maximum absolute atomic E-state index is 5.85. The molecule has 0 atom stereocenters. The molecule has 17 heavy (non-hydrogen) atoms. The summed E-state index contributed by atoms with van der Waals surface area (Å²) in [4.78, 5) is 4.24. The lowest BCUT2D eigenvalue weighted by Gasteiger charge is -2.04. The van der Waals surface area contributed by atoms with E-state index < -0.39 is 0 Å². The zero-order valence-electron chi connectivity index (χ0n) is 9.29. The highest BCUT2D eigenvalue weighted by atomic mass is 35.5. The quantitative estimate of drug-likeness (QED) is 0.931. The van der Waals surface area contributed by atoms with Crippen molar-refractivity contribution in [3.05, 3.63) is 33.7 Å². The van der Waals surface area contributed by atoms with Crippen LogP contribution >= 0.6 is 23.2 Å². The number of nitrogens with one attached hydrogen (secondary N) is 1. The van der Waals surface area contributed by atoms with E-state index in [4.69, 9.17) is 27.6 Å². The molecule has 0 aliphatic rings. The van der Waals surface area contributed by atoms with Gasteiger partial charge in [0.25, 0.3) is 0 Å². The van der Waals surface area contributed by atoms with E-state index in [-0.39, 0.29) is 10.3 Å². The first kappa shape index (κ1) is 12.1. The van der Waals surface area contributed by atoms with E-state index in [1.165, 1.54) is 0 Å². The van der Waals surface area contributed by atoms with Gasteiger partial charge < -0.3 is 9.73 Å². The smallest absolute Gasteiger partial charge is 0.213 e. The van der Waals surface area contributed by atoms with Crippen LogP contribution in [0.2, 0.25) is 10.3 Å². The summed E-state index contributed by atoms with van der Waals surface area (Å²) in [6.45, 7) is 4.17. The molecule has 0 aromatic carbocycles. The normalized spacial score (nSPS) is 10.6. The van der Waals surface area contributed by atoms with Gasteiger partial charge in [0.2, 0.25) is 5.89 Å². The minimum atomic E-state index is 0.259. The third kappa shape index (κ3) is 2.87. The van der Waals surface area contributed by atoms with Crippen LogP contribution in [0.15, 0.2) is 10.5 Å². The molecule has 0 spiro atoms. The van der Waals surface area contributed by atoms with Gasteiger partial charge in [-0.3, -0.25) is 0 Å². The van der Waals surface area contributed by atoms with Gasteiger partial charge in [-0.25, -0.2) is 4.98 Å². The highest BCUT2D eigenvalue weighted by Crippen LogP contribution is 2.21. The standard InChI is InChI=1S/C10H10Cl2N4O/c1-5-6(2)17-9(14-5)4-13-7-3-8(11)15-16-10(7)12/h3H,4H2,1-2H3,(H,13,15). The third-order valence-electron chi connectivity index (χ3n) is 2.22. The van der Waals surface area contributed by atoms with E-state index >= 15 is 0 Å². The number of aromatic nitrogens is 3. The average Bonchev–Trinajstić information content (AvgIpc) is 2.60. The van der Waals surface area contributed by atoms with Crippen molar-refractivity contribution in [1.29, 1.82) is 0 Å². The fraction of sp³-hybridized carbons (Fsp3) is 0.300. The molecular formula is C10H10Cl2N4O. The van der Waals surface area contributed by atoms with Crippen molar-refractivity contribution < 1.29 is 4.42 Å². The number of hydrogen-bond acceptors (Lipinski definition) is 5. The van der Waals surface area contributed by atoms with E-state index in [1.54, 1.807) is 6.07 Å². The average molecular weight is 273 g/mol. The lowest BCUT2D eigenvalue weighted by Crippen LogP contribution is -2.02. The van der Waals surface area contributed by atoms with Crippen molar-refractivity contribution in [1.82, 2.24) is 15.2 Å². The van der Waals surface area contributed by atoms with Crippen molar-refractivity contribution in [3.8, 4) is 0 Å². The van der Waals surface area contributed by atoms with Crippen LogP contribution in [0.3, 0.4) is 0 Å². The van der Waals surface area contributed by atoms with Gasteiger partial charge in [0.1, 0.15) is 5.76 Å². The van der Waals surface area contributed by atoms with Gasteiger partial charge in [0.15, 0.2) is 10.3 Å². The zero-order valence-corrected chi connectivity index (χ0v) is 10.8. The van der Waals surface area contributed by atoms with E-state index in [0.717, 1.165) is 11.5 Å². The minimum Gasteiger partial charge on any atom is -0.444 e. The summed E-state index contributed by atoms with van der Waals surface area (Å²) in [6.07, 6.45) is 0. The van der Waals surface area contributed by atoms with Crippen molar-refractivity contribution in [2.24, 2.45) is 0 Å². The summed E-state index contributed by atoms with van der Waals surface area (Å²) in [6, 6.07) is 1.60. The second-order valence-electron chi connectivity index (χ2n) is 3.47. The first-order valence-electron chi connectivity index (χ1n) is 4.92. The molecule has 0 amide bonds. The highest BCUT2D eigenvalue weighted by molar-refractivity contribution is 6.33. The topological polar surface area (TPSA) is 63.8 Å². The van der Waals surface area contributed by atoms with Crippen LogP contribution in [0.1, 0.15) is 17.3 Å². The number of rotatable bonds is 3. The van der Waals surface area contributed by atoms with Crippen LogP contribution in [0.5, 0.6) is 0 Å². The molecule has 7 heteroatoms. The zero-order chi connectivity index (χ0) is 12.4. The summed E-state index contributed by atoms with van der Waals surface area (Å²) >= 11 is 11.6. The van der Waals surface area contributed by atoms with Crippen LogP contribution < -0.4 is 5.32 Å². The SMILES string of the molecule is Cc1nc(CNc2cc(Cl)nnc2Cl)oc1C. The van der Waals surface area contributed by atoms with Gasteiger partial charge in [0, 0.05) is 6.07 Å². The fourth-order valence-electron chi connectivity index (χ4n) is 1.26. The predicted molar refractivity (Wildman–Crippen MR) is 65.4 cm³/mol. The highest BCUT2D eigenvalue weighted by Gasteiger charge is 2.08. The molecule has 5 nitrogen and oxygen atoms in total. The Labute approximate surface area is 108 Å². The largest absolute Gasteiger partial charge is 0.444 e. The van der Waals surface area contributed by atoms with Crippen LogP contribution in [0, 0.1) is 13.8 Å². The Hall–Kier alpha value is -1.33. The molecule has 0 bridgehead atoms. The lowest BCUT2D eigenvalue weighted by molar-refractivity contribution is 0.478. The fourth-order valence-corrected chi connectivity index (χ4v) is 1.57. The van der Waals surface area contributed by atoms with E-state index in [9.17, 15) is 0 Å². The molecule has 0 radical (unpaired) electrons. The predicted octanol–water partition coefficient (Wildman–Crippen LogP) is 3.00. The number of halogens is 2. The van der Waals surface area contributed by atoms with Crippen LogP contribution in [0.25, 0.3) is 0 Å². The minimum absolute atomic E-state index is 0.259. The van der Waals surface area contributed by atoms with Crippen molar-refractivity contribution >= 4 is 28.9 Å². The number of anilines is 1. The Morgan fingerprint density at radius 2 is 2.06 bits per heavy atom. The molecule has 0 aliphatic heterocycles. The molecule has 0 saturated carbocycles. The Balaban J connectivity index is 2.09. The summed E-state index contributed by atoms with van der Waals surface area (Å²) < 4.78 is 5.42. The van der Waals surface area contributed by atoms with Crippen LogP contribution in [-0.2, 0) is 6.54 Å². The Morgan fingerprint density at radius 3 is 2.71 bits per heavy atom. The van der Waals surface area contributed by atoms with Gasteiger partial charge in [-0.1, -0.05) is 23.2 Å². The first-order valence-corrected chi connectivity index (χ1v) is 5.67. The van der Waals surface area contributed by atoms with Gasteiger partial charge >= 0.3 is 0 Å². The first-order chi connectivity index (χ1) is 8.06. The molecular weight excluding hydrogens is 263 g/mol. The molecule has 2 aromatic heterocycles. The van der Waals surface area contributed by atoms with Gasteiger partial charge in [-0.05, 0) is 13.8 Å². The number of hydrogen-bond donors (Lipinski definition) is 1. The summed E-state index contributed by atoms with van der Waals surface area (Å²) in [5.74, 6) is 1.39. The Bertz CT molecular complexity index is 522. The van der Waals surface area contributed by atoms with E-state index in [0.29, 0.717) is 18.1 Å². The second-order valence-corrected chi connectivity index (χ2v) is 4.22. The van der Waals surface area contributed by atoms with Crippen molar-refractivity contribution in [2.45, 2.75) is 20.4 Å². The van der Waals surface area contributed by atoms with Gasteiger partial charge in [0.05, 0.1) is 17.9 Å². The van der Waals surface area contributed by atoms with Crippen molar-refractivity contribution in [2.75, 3.05) is 5.32 Å². The Morgan fingerprint density at radius 1 is 1.29 bits per heavy atom. The number of aryl methyl sites for hydroxylation is 2. The molecule has 0 fully saturated rings. The summed E-state index contributed by atoms with van der Waals surface area (Å²) in [7, 11) is 0. The van der Waals surface area contributed by atoms with E-state index in [2.05, 4.69) is 20.5 Å². The maximum atomic E-state index is 5.85. The van der Waals surface area contributed by atoms with Crippen LogP contribution in [-0.4, -0.2) is 15.2 Å². The monoisotopic (exact) mass is 272 g/mol. The third-order valence-corrected chi connectivity index (χ3v) is 2.69. The molecule has 1 N–H and O–H groups in total. The molecule has 2 aromatic rings. The maximum Gasteiger partial charge on any atom is 0.213 e. The molecule has 90 valence electrons. The number of oxazole rings is 1. The molecule has 0 saturated heterocycles. The Kier molecular flexibility index (Phi) is 3.49. The van der Waals surface area contributed by atoms with Crippen molar-refractivity contribution in [3.63, 3.8) is 0 Å².